The second-order valence-electron chi connectivity index (χ2n) is 6.36. The summed E-state index contributed by atoms with van der Waals surface area (Å²) in [7, 11) is 1.85. The maximum atomic E-state index is 12.3. The van der Waals surface area contributed by atoms with Crippen LogP contribution in [0.15, 0.2) is 44.6 Å². The first-order valence-corrected chi connectivity index (χ1v) is 8.69. The van der Waals surface area contributed by atoms with E-state index in [1.165, 1.54) is 6.20 Å². The normalized spacial score (nSPS) is 12.6. The van der Waals surface area contributed by atoms with Gasteiger partial charge in [0.2, 0.25) is 17.5 Å². The summed E-state index contributed by atoms with van der Waals surface area (Å²) in [6.45, 7) is 5.76. The van der Waals surface area contributed by atoms with E-state index in [1.54, 1.807) is 23.0 Å². The topological polar surface area (TPSA) is 129 Å². The van der Waals surface area contributed by atoms with E-state index >= 15 is 0 Å². The fraction of sp³-hybridized carbons (Fsp3) is 0.158. The zero-order chi connectivity index (χ0) is 20.4. The smallest absolute Gasteiger partial charge is 0.258 e. The Morgan fingerprint density at radius 3 is 2.93 bits per heavy atom. The van der Waals surface area contributed by atoms with E-state index in [1.807, 2.05) is 26.2 Å². The molecule has 0 radical (unpaired) electrons. The van der Waals surface area contributed by atoms with Crippen molar-refractivity contribution in [1.29, 1.82) is 0 Å². The van der Waals surface area contributed by atoms with Gasteiger partial charge in [-0.3, -0.25) is 9.48 Å². The van der Waals surface area contributed by atoms with E-state index in [4.69, 9.17) is 9.05 Å². The summed E-state index contributed by atoms with van der Waals surface area (Å²) >= 11 is 0. The van der Waals surface area contributed by atoms with Crippen LogP contribution in [0.5, 0.6) is 0 Å². The Hall–Kier alpha value is -4.08. The third-order valence-electron chi connectivity index (χ3n) is 4.19. The molecule has 10 nitrogen and oxygen atoms in total. The summed E-state index contributed by atoms with van der Waals surface area (Å²) in [6.07, 6.45) is 8.93. The molecule has 10 heteroatoms. The lowest BCUT2D eigenvalue weighted by atomic mass is 10.1. The molecule has 0 amide bonds. The first kappa shape index (κ1) is 18.3. The number of H-pyrrole nitrogens is 1. The summed E-state index contributed by atoms with van der Waals surface area (Å²) in [5, 5.41) is 12.3. The van der Waals surface area contributed by atoms with Crippen molar-refractivity contribution >= 4 is 18.2 Å². The van der Waals surface area contributed by atoms with Crippen LogP contribution in [0.4, 0.5) is 0 Å². The predicted molar refractivity (Wildman–Crippen MR) is 104 cm³/mol. The van der Waals surface area contributed by atoms with Crippen molar-refractivity contribution in [2.45, 2.75) is 13.3 Å². The monoisotopic (exact) mass is 391 g/mol. The van der Waals surface area contributed by atoms with Crippen molar-refractivity contribution in [2.75, 3.05) is 0 Å². The lowest BCUT2D eigenvalue weighted by Crippen LogP contribution is -2.42. The van der Waals surface area contributed by atoms with Gasteiger partial charge in [-0.05, 0) is 18.6 Å². The maximum Gasteiger partial charge on any atom is 0.258 e. The van der Waals surface area contributed by atoms with Crippen molar-refractivity contribution in [2.24, 2.45) is 7.05 Å². The Kier molecular flexibility index (Phi) is 4.73. The van der Waals surface area contributed by atoms with Crippen LogP contribution in [0.2, 0.25) is 0 Å². The molecular formula is C19H17N7O3. The number of allylic oxidation sites excluding steroid dienone is 2. The summed E-state index contributed by atoms with van der Waals surface area (Å²) in [5.41, 5.74) is 1.63. The third kappa shape index (κ3) is 3.95. The Labute approximate surface area is 163 Å². The molecule has 0 unspecified atom stereocenters. The highest BCUT2D eigenvalue weighted by Crippen LogP contribution is 2.15. The zero-order valence-corrected chi connectivity index (χ0v) is 15.8. The average Bonchev–Trinajstić information content (AvgIpc) is 3.44. The Morgan fingerprint density at radius 1 is 1.34 bits per heavy atom. The van der Waals surface area contributed by atoms with Crippen molar-refractivity contribution < 1.29 is 9.05 Å². The highest BCUT2D eigenvalue weighted by molar-refractivity contribution is 5.68. The maximum absolute atomic E-state index is 12.3. The van der Waals surface area contributed by atoms with Gasteiger partial charge >= 0.3 is 0 Å². The van der Waals surface area contributed by atoms with E-state index in [2.05, 4.69) is 36.9 Å². The number of aromatic nitrogens is 7. The molecule has 0 fully saturated rings. The number of rotatable bonds is 5. The molecule has 0 aliphatic rings. The second-order valence-corrected chi connectivity index (χ2v) is 6.36. The van der Waals surface area contributed by atoms with Crippen LogP contribution in [0.25, 0.3) is 29.8 Å². The number of aromatic amines is 1. The van der Waals surface area contributed by atoms with Crippen molar-refractivity contribution in [1.82, 2.24) is 35.0 Å². The number of aryl methyl sites for hydroxylation is 1. The standard InChI is InChI=1S/C19H17N7O3/c1-11(13-9-20-26(3)10-13)4-5-14-12(2)19(27)23-16(22-14)8-17-24-18(25-29-17)15-6-7-21-28-15/h4-7,9-10H,2,8H2,1,3H3,(H,22,23,27)/b11-4+,14-5+. The fourth-order valence-corrected chi connectivity index (χ4v) is 2.61. The molecular weight excluding hydrogens is 374 g/mol. The summed E-state index contributed by atoms with van der Waals surface area (Å²) in [5.74, 6) is 1.33. The van der Waals surface area contributed by atoms with Crippen molar-refractivity contribution in [3.8, 4) is 11.6 Å². The number of nitrogens with one attached hydrogen (secondary N) is 1. The van der Waals surface area contributed by atoms with E-state index < -0.39 is 0 Å². The predicted octanol–water partition coefficient (Wildman–Crippen LogP) is 0.426. The van der Waals surface area contributed by atoms with Gasteiger partial charge < -0.3 is 14.0 Å². The van der Waals surface area contributed by atoms with Gasteiger partial charge in [-0.15, -0.1) is 0 Å². The summed E-state index contributed by atoms with van der Waals surface area (Å²) in [4.78, 5) is 23.6. The summed E-state index contributed by atoms with van der Waals surface area (Å²) < 4.78 is 11.9. The molecule has 0 aliphatic heterocycles. The molecule has 0 saturated heterocycles. The van der Waals surface area contributed by atoms with Crippen molar-refractivity contribution in [3.63, 3.8) is 0 Å². The van der Waals surface area contributed by atoms with Crippen LogP contribution in [0.1, 0.15) is 24.2 Å². The van der Waals surface area contributed by atoms with E-state index in [9.17, 15) is 4.79 Å². The lowest BCUT2D eigenvalue weighted by molar-refractivity contribution is 0.379. The number of nitrogens with zero attached hydrogens (tertiary/aromatic N) is 6. The Morgan fingerprint density at radius 2 is 2.21 bits per heavy atom. The average molecular weight is 391 g/mol. The van der Waals surface area contributed by atoms with Crippen LogP contribution >= 0.6 is 0 Å². The van der Waals surface area contributed by atoms with Crippen LogP contribution in [-0.4, -0.2) is 35.0 Å². The molecule has 29 heavy (non-hydrogen) atoms. The second kappa shape index (κ2) is 7.50. The van der Waals surface area contributed by atoms with Gasteiger partial charge in [-0.25, -0.2) is 4.98 Å². The highest BCUT2D eigenvalue weighted by Gasteiger charge is 2.13. The van der Waals surface area contributed by atoms with Crippen LogP contribution in [0, 0.1) is 0 Å². The van der Waals surface area contributed by atoms with E-state index in [-0.39, 0.29) is 28.9 Å². The molecule has 146 valence electrons. The minimum Gasteiger partial charge on any atom is -0.353 e. The van der Waals surface area contributed by atoms with E-state index in [0.717, 1.165) is 11.1 Å². The quantitative estimate of drug-likeness (QED) is 0.518. The Balaban J connectivity index is 1.64. The SMILES string of the molecule is C=c1c(=O)[nH]c(Cc2nc(-c3ccno3)no2)n/c1=C/C=C(\C)c1cnn(C)c1. The molecule has 4 aromatic heterocycles. The minimum atomic E-state index is -0.330. The Bertz CT molecular complexity index is 1340. The van der Waals surface area contributed by atoms with Crippen LogP contribution in [0.3, 0.4) is 0 Å². The van der Waals surface area contributed by atoms with E-state index in [0.29, 0.717) is 16.9 Å². The lowest BCUT2D eigenvalue weighted by Gasteiger charge is -1.97. The zero-order valence-electron chi connectivity index (χ0n) is 15.8. The van der Waals surface area contributed by atoms with Crippen LogP contribution in [-0.2, 0) is 13.5 Å². The van der Waals surface area contributed by atoms with Gasteiger partial charge in [-0.2, -0.15) is 10.1 Å². The molecule has 1 N–H and O–H groups in total. The molecule has 4 rings (SSSR count). The number of hydrogen-bond donors (Lipinski definition) is 1. The molecule has 4 aromatic rings. The molecule has 0 saturated carbocycles. The van der Waals surface area contributed by atoms with Gasteiger partial charge in [0, 0.05) is 24.9 Å². The van der Waals surface area contributed by atoms with Crippen molar-refractivity contribution in [3.05, 3.63) is 68.9 Å². The minimum absolute atomic E-state index is 0.156. The third-order valence-corrected chi connectivity index (χ3v) is 4.19. The first-order valence-electron chi connectivity index (χ1n) is 8.69. The molecule has 0 aliphatic carbocycles. The summed E-state index contributed by atoms with van der Waals surface area (Å²) in [6, 6.07) is 1.62. The number of hydrogen-bond acceptors (Lipinski definition) is 8. The fourth-order valence-electron chi connectivity index (χ4n) is 2.61. The van der Waals surface area contributed by atoms with Gasteiger partial charge in [0.05, 0.1) is 29.4 Å². The van der Waals surface area contributed by atoms with Gasteiger partial charge in [0.1, 0.15) is 5.82 Å². The largest absolute Gasteiger partial charge is 0.353 e. The molecule has 0 atom stereocenters. The first-order chi connectivity index (χ1) is 14.0. The molecule has 0 aromatic carbocycles. The highest BCUT2D eigenvalue weighted by atomic mass is 16.5. The molecule has 0 spiro atoms. The van der Waals surface area contributed by atoms with Gasteiger partial charge in [-0.1, -0.05) is 23.0 Å². The van der Waals surface area contributed by atoms with Gasteiger partial charge in [0.15, 0.2) is 0 Å². The van der Waals surface area contributed by atoms with Crippen LogP contribution < -0.4 is 16.1 Å². The molecule has 0 bridgehead atoms. The molecule has 4 heterocycles. The van der Waals surface area contributed by atoms with Gasteiger partial charge in [0.25, 0.3) is 5.56 Å².